The molecule has 0 spiro atoms. The molecule has 1 aliphatic heterocycles. The molecule has 0 atom stereocenters. The average molecular weight is 538 g/mol. The van der Waals surface area contributed by atoms with Crippen LogP contribution in [0, 0.1) is 0 Å². The molecular formula is C33H35N3O4. The van der Waals surface area contributed by atoms with E-state index in [4.69, 9.17) is 4.74 Å². The van der Waals surface area contributed by atoms with Gasteiger partial charge in [0.05, 0.1) is 29.1 Å². The predicted molar refractivity (Wildman–Crippen MR) is 156 cm³/mol. The number of hydrogen-bond donors (Lipinski definition) is 1. The van der Waals surface area contributed by atoms with E-state index in [0.717, 1.165) is 37.6 Å². The molecule has 0 unspecified atom stereocenters. The summed E-state index contributed by atoms with van der Waals surface area (Å²) >= 11 is 0. The van der Waals surface area contributed by atoms with Gasteiger partial charge in [-0.2, -0.15) is 0 Å². The van der Waals surface area contributed by atoms with E-state index in [-0.39, 0.29) is 17.5 Å². The fourth-order valence-electron chi connectivity index (χ4n) is 6.39. The summed E-state index contributed by atoms with van der Waals surface area (Å²) in [6.45, 7) is 5.74. The fraction of sp³-hybridized carbons (Fsp3) is 0.364. The summed E-state index contributed by atoms with van der Waals surface area (Å²) in [5, 5.41) is 3.47. The fourth-order valence-corrected chi connectivity index (χ4v) is 6.39. The van der Waals surface area contributed by atoms with Crippen molar-refractivity contribution in [3.8, 4) is 0 Å². The van der Waals surface area contributed by atoms with E-state index in [2.05, 4.69) is 15.1 Å². The minimum atomic E-state index is -0.375. The van der Waals surface area contributed by atoms with Crippen LogP contribution >= 0.6 is 0 Å². The number of esters is 1. The van der Waals surface area contributed by atoms with Crippen molar-refractivity contribution < 1.29 is 19.1 Å². The minimum Gasteiger partial charge on any atom is -0.462 e. The molecule has 0 amide bonds. The lowest BCUT2D eigenvalue weighted by molar-refractivity contribution is 0.0526. The molecule has 1 saturated heterocycles. The van der Waals surface area contributed by atoms with Gasteiger partial charge in [-0.3, -0.25) is 14.5 Å². The van der Waals surface area contributed by atoms with Crippen LogP contribution in [0.5, 0.6) is 0 Å². The van der Waals surface area contributed by atoms with Crippen molar-refractivity contribution in [3.63, 3.8) is 0 Å². The zero-order chi connectivity index (χ0) is 27.6. The van der Waals surface area contributed by atoms with Gasteiger partial charge in [0.25, 0.3) is 0 Å². The molecule has 0 radical (unpaired) electrons. The lowest BCUT2D eigenvalue weighted by Crippen LogP contribution is -2.51. The molecule has 3 aromatic carbocycles. The Hall–Kier alpha value is -3.97. The van der Waals surface area contributed by atoms with Gasteiger partial charge in [-0.05, 0) is 56.2 Å². The second-order valence-corrected chi connectivity index (χ2v) is 10.8. The number of nitrogens with zero attached hydrogens (tertiary/aromatic N) is 2. The van der Waals surface area contributed by atoms with E-state index >= 15 is 0 Å². The van der Waals surface area contributed by atoms with Gasteiger partial charge in [0.1, 0.15) is 0 Å². The van der Waals surface area contributed by atoms with Gasteiger partial charge < -0.3 is 15.0 Å². The van der Waals surface area contributed by atoms with E-state index < -0.39 is 0 Å². The van der Waals surface area contributed by atoms with Crippen LogP contribution in [-0.4, -0.2) is 61.3 Å². The summed E-state index contributed by atoms with van der Waals surface area (Å²) in [5.74, 6) is -0.668. The van der Waals surface area contributed by atoms with Crippen LogP contribution in [0.15, 0.2) is 60.7 Å². The molecule has 40 heavy (non-hydrogen) atoms. The molecular weight excluding hydrogens is 502 g/mol. The molecule has 3 aliphatic rings. The molecule has 1 N–H and O–H groups in total. The molecule has 7 nitrogen and oxygen atoms in total. The zero-order valence-corrected chi connectivity index (χ0v) is 22.9. The summed E-state index contributed by atoms with van der Waals surface area (Å²) in [5.41, 5.74) is 4.43. The maximum absolute atomic E-state index is 13.9. The van der Waals surface area contributed by atoms with Crippen molar-refractivity contribution in [1.82, 2.24) is 4.90 Å². The van der Waals surface area contributed by atoms with E-state index in [0.29, 0.717) is 46.2 Å². The molecule has 7 heteroatoms. The number of carbonyl (C=O) groups excluding carboxylic acids is 3. The van der Waals surface area contributed by atoms with Gasteiger partial charge >= 0.3 is 5.97 Å². The number of anilines is 3. The monoisotopic (exact) mass is 537 g/mol. The zero-order valence-electron chi connectivity index (χ0n) is 22.9. The van der Waals surface area contributed by atoms with Crippen molar-refractivity contribution in [2.75, 3.05) is 43.0 Å². The van der Waals surface area contributed by atoms with Gasteiger partial charge in [0, 0.05) is 54.6 Å². The number of rotatable bonds is 6. The van der Waals surface area contributed by atoms with Crippen LogP contribution in [0.2, 0.25) is 0 Å². The van der Waals surface area contributed by atoms with Crippen molar-refractivity contribution >= 4 is 34.6 Å². The first-order valence-corrected chi connectivity index (χ1v) is 14.4. The van der Waals surface area contributed by atoms with E-state index in [1.807, 2.05) is 12.1 Å². The SMILES string of the molecule is CCOC(=O)c1ccc(Nc2c(N3CCN(C4CCCCC4)CC3)ccc3c2C(=O)c2ccccc2C3=O)cc1. The highest BCUT2D eigenvalue weighted by molar-refractivity contribution is 6.31. The first-order valence-electron chi connectivity index (χ1n) is 14.4. The number of nitrogens with one attached hydrogen (secondary N) is 1. The highest BCUT2D eigenvalue weighted by atomic mass is 16.5. The molecule has 0 aromatic heterocycles. The number of piperazine rings is 1. The van der Waals surface area contributed by atoms with Gasteiger partial charge in [-0.15, -0.1) is 0 Å². The molecule has 2 aliphatic carbocycles. The Morgan fingerprint density at radius 1 is 0.825 bits per heavy atom. The maximum Gasteiger partial charge on any atom is 0.338 e. The van der Waals surface area contributed by atoms with Gasteiger partial charge in [0.15, 0.2) is 11.6 Å². The normalized spacial score (nSPS) is 17.8. The van der Waals surface area contributed by atoms with Gasteiger partial charge in [-0.1, -0.05) is 43.5 Å². The Kier molecular flexibility index (Phi) is 7.39. The summed E-state index contributed by atoms with van der Waals surface area (Å²) in [6.07, 6.45) is 6.54. The van der Waals surface area contributed by atoms with Crippen molar-refractivity contribution in [3.05, 3.63) is 88.5 Å². The van der Waals surface area contributed by atoms with E-state index in [1.165, 1.54) is 32.1 Å². The Balaban J connectivity index is 1.35. The van der Waals surface area contributed by atoms with Crippen molar-refractivity contribution in [2.24, 2.45) is 0 Å². The lowest BCUT2D eigenvalue weighted by Gasteiger charge is -2.42. The Morgan fingerprint density at radius 3 is 2.17 bits per heavy atom. The third-order valence-electron chi connectivity index (χ3n) is 8.48. The Labute approximate surface area is 235 Å². The average Bonchev–Trinajstić information content (AvgIpc) is 3.01. The molecule has 3 aromatic rings. The van der Waals surface area contributed by atoms with E-state index in [1.54, 1.807) is 55.5 Å². The highest BCUT2D eigenvalue weighted by Gasteiger charge is 2.34. The summed E-state index contributed by atoms with van der Waals surface area (Å²) in [7, 11) is 0. The number of fused-ring (bicyclic) bond motifs is 2. The van der Waals surface area contributed by atoms with Crippen LogP contribution in [0.25, 0.3) is 0 Å². The van der Waals surface area contributed by atoms with Crippen LogP contribution < -0.4 is 10.2 Å². The molecule has 1 saturated carbocycles. The standard InChI is InChI=1S/C33H35N3O4/c1-2-40-33(39)22-12-14-23(15-13-22)34-30-28(36-20-18-35(19-21-36)24-8-4-3-5-9-24)17-16-27-29(30)32(38)26-11-7-6-10-25(26)31(27)37/h6-7,10-17,24,34H,2-5,8-9,18-21H2,1H3. The smallest absolute Gasteiger partial charge is 0.338 e. The molecule has 206 valence electrons. The first-order chi connectivity index (χ1) is 19.5. The van der Waals surface area contributed by atoms with Gasteiger partial charge in [0.2, 0.25) is 0 Å². The summed E-state index contributed by atoms with van der Waals surface area (Å²) < 4.78 is 5.12. The number of benzene rings is 3. The third-order valence-corrected chi connectivity index (χ3v) is 8.48. The second-order valence-electron chi connectivity index (χ2n) is 10.8. The summed E-state index contributed by atoms with van der Waals surface area (Å²) in [4.78, 5) is 44.5. The molecule has 1 heterocycles. The van der Waals surface area contributed by atoms with Crippen LogP contribution in [-0.2, 0) is 4.74 Å². The topological polar surface area (TPSA) is 79.0 Å². The number of ketones is 2. The largest absolute Gasteiger partial charge is 0.462 e. The first kappa shape index (κ1) is 26.3. The Morgan fingerprint density at radius 2 is 1.50 bits per heavy atom. The van der Waals surface area contributed by atoms with Crippen molar-refractivity contribution in [1.29, 1.82) is 0 Å². The number of ether oxygens (including phenoxy) is 1. The van der Waals surface area contributed by atoms with Crippen LogP contribution in [0.4, 0.5) is 17.1 Å². The van der Waals surface area contributed by atoms with Crippen LogP contribution in [0.3, 0.4) is 0 Å². The van der Waals surface area contributed by atoms with Gasteiger partial charge in [-0.25, -0.2) is 4.79 Å². The predicted octanol–water partition coefficient (Wildman–Crippen LogP) is 5.84. The van der Waals surface area contributed by atoms with Crippen LogP contribution in [0.1, 0.15) is 81.2 Å². The number of hydrogen-bond acceptors (Lipinski definition) is 7. The van der Waals surface area contributed by atoms with E-state index in [9.17, 15) is 14.4 Å². The summed E-state index contributed by atoms with van der Waals surface area (Å²) in [6, 6.07) is 18.5. The Bertz CT molecular complexity index is 1430. The molecule has 0 bridgehead atoms. The third kappa shape index (κ3) is 4.90. The lowest BCUT2D eigenvalue weighted by atomic mass is 9.82. The second kappa shape index (κ2) is 11.3. The highest BCUT2D eigenvalue weighted by Crippen LogP contribution is 2.40. The molecule has 6 rings (SSSR count). The number of carbonyl (C=O) groups is 3. The quantitative estimate of drug-likeness (QED) is 0.310. The van der Waals surface area contributed by atoms with Crippen molar-refractivity contribution in [2.45, 2.75) is 45.1 Å². The maximum atomic E-state index is 13.9. The minimum absolute atomic E-state index is 0.139. The molecule has 2 fully saturated rings.